The zero-order valence-corrected chi connectivity index (χ0v) is 12.0. The van der Waals surface area contributed by atoms with Gasteiger partial charge in [-0.3, -0.25) is 5.32 Å². The van der Waals surface area contributed by atoms with Gasteiger partial charge in [0.2, 0.25) is 0 Å². The summed E-state index contributed by atoms with van der Waals surface area (Å²) in [6.07, 6.45) is 1.07. The average Bonchev–Trinajstić information content (AvgIpc) is 2.13. The Morgan fingerprint density at radius 1 is 1.44 bits per heavy atom. The molecule has 1 aromatic heterocycles. The molecule has 5 nitrogen and oxygen atoms in total. The van der Waals surface area contributed by atoms with Gasteiger partial charge in [0, 0.05) is 20.2 Å². The zero-order valence-electron chi connectivity index (χ0n) is 11.2. The van der Waals surface area contributed by atoms with E-state index in [4.69, 9.17) is 16.3 Å². The molecule has 0 aliphatic heterocycles. The third kappa shape index (κ3) is 4.41. The second-order valence-corrected chi connectivity index (χ2v) is 5.43. The maximum atomic E-state index is 11.7. The quantitative estimate of drug-likeness (QED) is 0.840. The summed E-state index contributed by atoms with van der Waals surface area (Å²) in [5.74, 6) is 0. The van der Waals surface area contributed by atoms with Gasteiger partial charge in [0.1, 0.15) is 10.8 Å². The van der Waals surface area contributed by atoms with E-state index in [9.17, 15) is 4.79 Å². The summed E-state index contributed by atoms with van der Waals surface area (Å²) in [5.41, 5.74) is 0.777. The Hall–Kier alpha value is -1.49. The highest BCUT2D eigenvalue weighted by Crippen LogP contribution is 2.26. The highest BCUT2D eigenvalue weighted by Gasteiger charge is 2.18. The molecule has 0 aliphatic carbocycles. The molecule has 1 aromatic rings. The molecule has 0 aromatic carbocycles. The normalized spacial score (nSPS) is 11.0. The standard InChI is InChI=1S/C12H18ClN3O2/c1-12(2,3)18-11(17)15-8-6-10(13)14-7-9(8)16(4)5/h6-7H,1-5H3,(H,14,15,17). The first-order valence-corrected chi connectivity index (χ1v) is 5.90. The Kier molecular flexibility index (Phi) is 4.40. The molecule has 0 unspecified atom stereocenters. The summed E-state index contributed by atoms with van der Waals surface area (Å²) in [5, 5.41) is 2.97. The lowest BCUT2D eigenvalue weighted by Crippen LogP contribution is -2.27. The highest BCUT2D eigenvalue weighted by molar-refractivity contribution is 6.29. The van der Waals surface area contributed by atoms with Crippen LogP contribution in [0.3, 0.4) is 0 Å². The van der Waals surface area contributed by atoms with E-state index in [1.807, 2.05) is 19.0 Å². The van der Waals surface area contributed by atoms with Crippen molar-refractivity contribution in [2.24, 2.45) is 0 Å². The third-order valence-corrected chi connectivity index (χ3v) is 2.17. The summed E-state index contributed by atoms with van der Waals surface area (Å²) in [4.78, 5) is 17.5. The molecule has 1 amide bonds. The number of nitrogens with zero attached hydrogens (tertiary/aromatic N) is 2. The molecular formula is C12H18ClN3O2. The van der Waals surface area contributed by atoms with E-state index >= 15 is 0 Å². The topological polar surface area (TPSA) is 54.5 Å². The molecule has 1 N–H and O–H groups in total. The molecule has 18 heavy (non-hydrogen) atoms. The predicted molar refractivity (Wildman–Crippen MR) is 73.4 cm³/mol. The minimum atomic E-state index is -0.542. The smallest absolute Gasteiger partial charge is 0.412 e. The Morgan fingerprint density at radius 2 is 2.06 bits per heavy atom. The number of nitrogens with one attached hydrogen (secondary N) is 1. The lowest BCUT2D eigenvalue weighted by Gasteiger charge is -2.22. The van der Waals surface area contributed by atoms with Gasteiger partial charge in [0.05, 0.1) is 17.6 Å². The maximum absolute atomic E-state index is 11.7. The zero-order chi connectivity index (χ0) is 13.9. The van der Waals surface area contributed by atoms with Gasteiger partial charge in [-0.15, -0.1) is 0 Å². The van der Waals surface area contributed by atoms with Crippen LogP contribution in [0, 0.1) is 0 Å². The second-order valence-electron chi connectivity index (χ2n) is 5.05. The molecule has 100 valence electrons. The maximum Gasteiger partial charge on any atom is 0.412 e. The van der Waals surface area contributed by atoms with E-state index in [-0.39, 0.29) is 0 Å². The number of ether oxygens (including phenoxy) is 1. The van der Waals surface area contributed by atoms with E-state index in [0.717, 1.165) is 5.69 Å². The largest absolute Gasteiger partial charge is 0.444 e. The molecule has 1 rings (SSSR count). The number of halogens is 1. The number of carbonyl (C=O) groups excluding carboxylic acids is 1. The number of anilines is 2. The molecule has 0 bridgehead atoms. The summed E-state index contributed by atoms with van der Waals surface area (Å²) in [6.45, 7) is 5.41. The molecule has 0 radical (unpaired) electrons. The Morgan fingerprint density at radius 3 is 2.56 bits per heavy atom. The molecule has 0 atom stereocenters. The van der Waals surface area contributed by atoms with Gasteiger partial charge in [-0.05, 0) is 20.8 Å². The highest BCUT2D eigenvalue weighted by atomic mass is 35.5. The fourth-order valence-corrected chi connectivity index (χ4v) is 1.45. The fourth-order valence-electron chi connectivity index (χ4n) is 1.29. The minimum absolute atomic E-state index is 0.312. The summed E-state index contributed by atoms with van der Waals surface area (Å²) >= 11 is 5.82. The van der Waals surface area contributed by atoms with Crippen LogP contribution in [0.25, 0.3) is 0 Å². The Balaban J connectivity index is 2.89. The van der Waals surface area contributed by atoms with E-state index in [2.05, 4.69) is 10.3 Å². The van der Waals surface area contributed by atoms with Crippen molar-refractivity contribution >= 4 is 29.1 Å². The fraction of sp³-hybridized carbons (Fsp3) is 0.500. The van der Waals surface area contributed by atoms with Crippen molar-refractivity contribution in [1.29, 1.82) is 0 Å². The van der Waals surface area contributed by atoms with Gasteiger partial charge in [0.15, 0.2) is 0 Å². The number of rotatable bonds is 2. The van der Waals surface area contributed by atoms with Crippen LogP contribution >= 0.6 is 11.6 Å². The van der Waals surface area contributed by atoms with Gasteiger partial charge < -0.3 is 9.64 Å². The molecule has 0 saturated carbocycles. The number of amides is 1. The second kappa shape index (κ2) is 5.44. The van der Waals surface area contributed by atoms with Gasteiger partial charge in [0.25, 0.3) is 0 Å². The van der Waals surface area contributed by atoms with Gasteiger partial charge in [-0.2, -0.15) is 0 Å². The number of carbonyl (C=O) groups is 1. The average molecular weight is 272 g/mol. The molecular weight excluding hydrogens is 254 g/mol. The van der Waals surface area contributed by atoms with E-state index in [1.54, 1.807) is 33.0 Å². The number of pyridine rings is 1. The first kappa shape index (κ1) is 14.6. The summed E-state index contributed by atoms with van der Waals surface area (Å²) in [6, 6.07) is 1.58. The van der Waals surface area contributed by atoms with Crippen molar-refractivity contribution in [2.75, 3.05) is 24.3 Å². The van der Waals surface area contributed by atoms with Crippen LogP contribution < -0.4 is 10.2 Å². The lowest BCUT2D eigenvalue weighted by atomic mass is 10.2. The first-order chi connectivity index (χ1) is 8.19. The number of hydrogen-bond acceptors (Lipinski definition) is 4. The van der Waals surface area contributed by atoms with Crippen LogP contribution in [0.4, 0.5) is 16.2 Å². The molecule has 0 spiro atoms. The van der Waals surface area contributed by atoms with Gasteiger partial charge in [-0.25, -0.2) is 9.78 Å². The number of aromatic nitrogens is 1. The van der Waals surface area contributed by atoms with Crippen LogP contribution in [0.15, 0.2) is 12.3 Å². The monoisotopic (exact) mass is 271 g/mol. The molecule has 0 aliphatic rings. The van der Waals surface area contributed by atoms with E-state index in [1.165, 1.54) is 0 Å². The Bertz CT molecular complexity index is 441. The van der Waals surface area contributed by atoms with Crippen LogP contribution in [0.2, 0.25) is 5.15 Å². The summed E-state index contributed by atoms with van der Waals surface area (Å²) < 4.78 is 5.18. The molecule has 0 saturated heterocycles. The van der Waals surface area contributed by atoms with Crippen molar-refractivity contribution in [2.45, 2.75) is 26.4 Å². The molecule has 6 heteroatoms. The van der Waals surface area contributed by atoms with Crippen LogP contribution in [-0.4, -0.2) is 30.8 Å². The molecule has 1 heterocycles. The van der Waals surface area contributed by atoms with Crippen molar-refractivity contribution in [3.05, 3.63) is 17.4 Å². The SMILES string of the molecule is CN(C)c1cnc(Cl)cc1NC(=O)OC(C)(C)C. The Labute approximate surface area is 112 Å². The lowest BCUT2D eigenvalue weighted by molar-refractivity contribution is 0.0636. The van der Waals surface area contributed by atoms with Crippen molar-refractivity contribution in [1.82, 2.24) is 4.98 Å². The van der Waals surface area contributed by atoms with Crippen LogP contribution in [0.5, 0.6) is 0 Å². The van der Waals surface area contributed by atoms with Crippen molar-refractivity contribution < 1.29 is 9.53 Å². The van der Waals surface area contributed by atoms with Crippen molar-refractivity contribution in [3.8, 4) is 0 Å². The molecule has 0 fully saturated rings. The third-order valence-electron chi connectivity index (χ3n) is 1.97. The first-order valence-electron chi connectivity index (χ1n) is 5.52. The van der Waals surface area contributed by atoms with Crippen LogP contribution in [-0.2, 0) is 4.74 Å². The minimum Gasteiger partial charge on any atom is -0.444 e. The van der Waals surface area contributed by atoms with Gasteiger partial charge >= 0.3 is 6.09 Å². The summed E-state index contributed by atoms with van der Waals surface area (Å²) in [7, 11) is 3.70. The van der Waals surface area contributed by atoms with E-state index in [0.29, 0.717) is 10.8 Å². The van der Waals surface area contributed by atoms with Crippen molar-refractivity contribution in [3.63, 3.8) is 0 Å². The number of hydrogen-bond donors (Lipinski definition) is 1. The predicted octanol–water partition coefficient (Wildman–Crippen LogP) is 3.15. The van der Waals surface area contributed by atoms with E-state index < -0.39 is 11.7 Å². The van der Waals surface area contributed by atoms with Crippen LogP contribution in [0.1, 0.15) is 20.8 Å². The van der Waals surface area contributed by atoms with Gasteiger partial charge in [-0.1, -0.05) is 11.6 Å².